The molecule has 0 bridgehead atoms. The molecule has 0 aromatic carbocycles. The van der Waals surface area contributed by atoms with Crippen molar-refractivity contribution in [3.63, 3.8) is 0 Å². The molecule has 2 rings (SSSR count). The van der Waals surface area contributed by atoms with Crippen molar-refractivity contribution < 1.29 is 0 Å². The molecule has 1 saturated carbocycles. The summed E-state index contributed by atoms with van der Waals surface area (Å²) in [6.07, 6.45) is 7.99. The van der Waals surface area contributed by atoms with Crippen LogP contribution in [-0.2, 0) is 6.42 Å². The van der Waals surface area contributed by atoms with E-state index in [0.717, 1.165) is 18.3 Å². The van der Waals surface area contributed by atoms with Gasteiger partial charge in [0.25, 0.3) is 0 Å². The van der Waals surface area contributed by atoms with Gasteiger partial charge in [-0.3, -0.25) is 4.98 Å². The van der Waals surface area contributed by atoms with Crippen LogP contribution in [0.2, 0.25) is 0 Å². The fourth-order valence-electron chi connectivity index (χ4n) is 2.85. The van der Waals surface area contributed by atoms with Gasteiger partial charge in [0.15, 0.2) is 0 Å². The van der Waals surface area contributed by atoms with Crippen LogP contribution in [0.1, 0.15) is 44.4 Å². The molecule has 90 valence electrons. The van der Waals surface area contributed by atoms with Crippen molar-refractivity contribution >= 4 is 11.3 Å². The van der Waals surface area contributed by atoms with E-state index in [1.807, 2.05) is 11.7 Å². The second-order valence-electron chi connectivity index (χ2n) is 5.61. The topological polar surface area (TPSA) is 38.9 Å². The third kappa shape index (κ3) is 2.83. The van der Waals surface area contributed by atoms with Crippen LogP contribution >= 0.6 is 11.3 Å². The molecule has 1 aliphatic rings. The Morgan fingerprint density at radius 3 is 3.06 bits per heavy atom. The fourth-order valence-corrected chi connectivity index (χ4v) is 3.60. The van der Waals surface area contributed by atoms with E-state index in [0.29, 0.717) is 0 Å². The first-order valence-electron chi connectivity index (χ1n) is 6.25. The van der Waals surface area contributed by atoms with E-state index in [1.165, 1.54) is 30.6 Å². The van der Waals surface area contributed by atoms with Crippen LogP contribution < -0.4 is 5.73 Å². The molecule has 0 amide bonds. The van der Waals surface area contributed by atoms with Crippen molar-refractivity contribution in [3.8, 4) is 0 Å². The molecule has 2 atom stereocenters. The summed E-state index contributed by atoms with van der Waals surface area (Å²) in [5.74, 6) is 1.58. The lowest BCUT2D eigenvalue weighted by atomic mass is 9.71. The van der Waals surface area contributed by atoms with Crippen LogP contribution in [0, 0.1) is 11.8 Å². The Kier molecular flexibility index (Phi) is 3.65. The van der Waals surface area contributed by atoms with E-state index < -0.39 is 0 Å². The lowest BCUT2D eigenvalue weighted by Crippen LogP contribution is -2.46. The second-order valence-corrected chi connectivity index (χ2v) is 6.58. The maximum Gasteiger partial charge on any atom is 0.0794 e. The standard InChI is InChI=1S/C13H22N2S/c1-10(2)11-4-3-5-13(14,6-11)7-12-8-15-9-16-12/h8-11H,3-7,14H2,1-2H3. The van der Waals surface area contributed by atoms with Gasteiger partial charge in [-0.25, -0.2) is 0 Å². The van der Waals surface area contributed by atoms with Crippen LogP contribution in [0.5, 0.6) is 0 Å². The van der Waals surface area contributed by atoms with Crippen molar-refractivity contribution in [2.75, 3.05) is 0 Å². The van der Waals surface area contributed by atoms with Crippen LogP contribution in [0.15, 0.2) is 11.7 Å². The zero-order chi connectivity index (χ0) is 11.6. The first kappa shape index (κ1) is 12.1. The summed E-state index contributed by atoms with van der Waals surface area (Å²) in [5, 5.41) is 0. The smallest absolute Gasteiger partial charge is 0.0794 e. The molecule has 1 aromatic rings. The molecule has 16 heavy (non-hydrogen) atoms. The SMILES string of the molecule is CC(C)C1CCCC(N)(Cc2cncs2)C1. The van der Waals surface area contributed by atoms with E-state index in [-0.39, 0.29) is 5.54 Å². The van der Waals surface area contributed by atoms with Crippen molar-refractivity contribution in [3.05, 3.63) is 16.6 Å². The predicted octanol–water partition coefficient (Wildman–Crippen LogP) is 3.23. The maximum atomic E-state index is 6.56. The average molecular weight is 238 g/mol. The zero-order valence-electron chi connectivity index (χ0n) is 10.3. The third-order valence-electron chi connectivity index (χ3n) is 3.87. The largest absolute Gasteiger partial charge is 0.325 e. The highest BCUT2D eigenvalue weighted by Crippen LogP contribution is 2.37. The minimum atomic E-state index is 0.0275. The third-order valence-corrected chi connectivity index (χ3v) is 4.65. The molecule has 2 unspecified atom stereocenters. The molecule has 0 aliphatic heterocycles. The Hall–Kier alpha value is -0.410. The molecule has 0 radical (unpaired) electrons. The molecule has 1 aromatic heterocycles. The minimum Gasteiger partial charge on any atom is -0.325 e. The van der Waals surface area contributed by atoms with Gasteiger partial charge in [-0.15, -0.1) is 11.3 Å². The van der Waals surface area contributed by atoms with Crippen LogP contribution in [-0.4, -0.2) is 10.5 Å². The van der Waals surface area contributed by atoms with E-state index in [9.17, 15) is 0 Å². The van der Waals surface area contributed by atoms with Crippen molar-refractivity contribution in [2.24, 2.45) is 17.6 Å². The van der Waals surface area contributed by atoms with Gasteiger partial charge < -0.3 is 5.73 Å². The Morgan fingerprint density at radius 2 is 2.44 bits per heavy atom. The summed E-state index contributed by atoms with van der Waals surface area (Å²) in [5.41, 5.74) is 8.49. The van der Waals surface area contributed by atoms with Crippen LogP contribution in [0.3, 0.4) is 0 Å². The molecule has 1 fully saturated rings. The minimum absolute atomic E-state index is 0.0275. The van der Waals surface area contributed by atoms with E-state index in [4.69, 9.17) is 5.73 Å². The van der Waals surface area contributed by atoms with E-state index in [2.05, 4.69) is 18.8 Å². The summed E-state index contributed by atoms with van der Waals surface area (Å²) >= 11 is 1.73. The van der Waals surface area contributed by atoms with E-state index >= 15 is 0 Å². The molecule has 1 heterocycles. The van der Waals surface area contributed by atoms with Crippen molar-refractivity contribution in [1.29, 1.82) is 0 Å². The zero-order valence-corrected chi connectivity index (χ0v) is 11.1. The van der Waals surface area contributed by atoms with Crippen LogP contribution in [0.25, 0.3) is 0 Å². The normalized spacial score (nSPS) is 30.9. The quantitative estimate of drug-likeness (QED) is 0.878. The van der Waals surface area contributed by atoms with Gasteiger partial charge >= 0.3 is 0 Å². The summed E-state index contributed by atoms with van der Waals surface area (Å²) < 4.78 is 0. The number of thiazole rings is 1. The molecule has 1 aliphatic carbocycles. The Balaban J connectivity index is 2.01. The van der Waals surface area contributed by atoms with Crippen molar-refractivity contribution in [1.82, 2.24) is 4.98 Å². The molecular formula is C13H22N2S. The molecular weight excluding hydrogens is 216 g/mol. The highest BCUT2D eigenvalue weighted by molar-refractivity contribution is 7.09. The summed E-state index contributed by atoms with van der Waals surface area (Å²) in [6, 6.07) is 0. The highest BCUT2D eigenvalue weighted by atomic mass is 32.1. The second kappa shape index (κ2) is 4.84. The summed E-state index contributed by atoms with van der Waals surface area (Å²) in [7, 11) is 0. The lowest BCUT2D eigenvalue weighted by molar-refractivity contribution is 0.183. The fraction of sp³-hybridized carbons (Fsp3) is 0.769. The summed E-state index contributed by atoms with van der Waals surface area (Å²) in [4.78, 5) is 5.48. The number of hydrogen-bond donors (Lipinski definition) is 1. The maximum absolute atomic E-state index is 6.56. The highest BCUT2D eigenvalue weighted by Gasteiger charge is 2.34. The molecule has 0 spiro atoms. The first-order chi connectivity index (χ1) is 7.59. The van der Waals surface area contributed by atoms with Gasteiger partial charge in [0.05, 0.1) is 5.51 Å². The predicted molar refractivity (Wildman–Crippen MR) is 69.5 cm³/mol. The Morgan fingerprint density at radius 1 is 1.62 bits per heavy atom. The van der Waals surface area contributed by atoms with Gasteiger partial charge in [-0.1, -0.05) is 26.7 Å². The van der Waals surface area contributed by atoms with Gasteiger partial charge in [-0.05, 0) is 24.7 Å². The van der Waals surface area contributed by atoms with Crippen molar-refractivity contribution in [2.45, 2.75) is 51.5 Å². The van der Waals surface area contributed by atoms with Gasteiger partial charge in [0, 0.05) is 23.0 Å². The Bertz CT molecular complexity index is 321. The molecule has 0 saturated heterocycles. The molecule has 2 nitrogen and oxygen atoms in total. The molecule has 2 N–H and O–H groups in total. The van der Waals surface area contributed by atoms with Gasteiger partial charge in [0.1, 0.15) is 0 Å². The first-order valence-corrected chi connectivity index (χ1v) is 7.13. The van der Waals surface area contributed by atoms with Gasteiger partial charge in [0.2, 0.25) is 0 Å². The average Bonchev–Trinajstić information content (AvgIpc) is 2.69. The Labute approximate surface area is 102 Å². The number of hydrogen-bond acceptors (Lipinski definition) is 3. The van der Waals surface area contributed by atoms with E-state index in [1.54, 1.807) is 11.3 Å². The number of aromatic nitrogens is 1. The monoisotopic (exact) mass is 238 g/mol. The summed E-state index contributed by atoms with van der Waals surface area (Å²) in [6.45, 7) is 4.65. The molecule has 3 heteroatoms. The van der Waals surface area contributed by atoms with Crippen LogP contribution in [0.4, 0.5) is 0 Å². The van der Waals surface area contributed by atoms with Gasteiger partial charge in [-0.2, -0.15) is 0 Å². The number of rotatable bonds is 3. The lowest BCUT2D eigenvalue weighted by Gasteiger charge is -2.39. The number of nitrogens with two attached hydrogens (primary N) is 1. The number of nitrogens with zero attached hydrogens (tertiary/aromatic N) is 1.